The molecule has 0 spiro atoms. The van der Waals surface area contributed by atoms with Crippen LogP contribution in [0.3, 0.4) is 0 Å². The minimum absolute atomic E-state index is 0.0633. The van der Waals surface area contributed by atoms with E-state index in [1.54, 1.807) is 9.80 Å². The van der Waals surface area contributed by atoms with Gasteiger partial charge in [0.1, 0.15) is 0 Å². The highest BCUT2D eigenvalue weighted by atomic mass is 32.1. The molecular formula is C9H15N3O2S. The SMILES string of the molecule is NC(=S)CCC(=O)N1CCN(C=O)CC1. The number of thiocarbonyl (C=S) groups is 1. The summed E-state index contributed by atoms with van der Waals surface area (Å²) in [6.07, 6.45) is 1.65. The number of nitrogens with two attached hydrogens (primary N) is 1. The third-order valence-electron chi connectivity index (χ3n) is 2.40. The Balaban J connectivity index is 2.29. The molecule has 0 unspecified atom stereocenters. The normalized spacial score (nSPS) is 16.3. The van der Waals surface area contributed by atoms with Crippen LogP contribution in [0.15, 0.2) is 0 Å². The highest BCUT2D eigenvalue weighted by molar-refractivity contribution is 7.80. The molecule has 0 aromatic rings. The molecule has 1 fully saturated rings. The third-order valence-corrected chi connectivity index (χ3v) is 2.61. The van der Waals surface area contributed by atoms with Gasteiger partial charge in [-0.3, -0.25) is 9.59 Å². The van der Waals surface area contributed by atoms with E-state index in [1.165, 1.54) is 0 Å². The van der Waals surface area contributed by atoms with Gasteiger partial charge >= 0.3 is 0 Å². The predicted molar refractivity (Wildman–Crippen MR) is 60.2 cm³/mol. The number of carbonyl (C=O) groups excluding carboxylic acids is 2. The van der Waals surface area contributed by atoms with E-state index in [0.29, 0.717) is 44.0 Å². The van der Waals surface area contributed by atoms with E-state index in [0.717, 1.165) is 6.41 Å². The van der Waals surface area contributed by atoms with Crippen LogP contribution in [0.5, 0.6) is 0 Å². The van der Waals surface area contributed by atoms with Gasteiger partial charge in [-0.1, -0.05) is 12.2 Å². The van der Waals surface area contributed by atoms with Gasteiger partial charge in [0.25, 0.3) is 0 Å². The zero-order valence-electron chi connectivity index (χ0n) is 8.52. The smallest absolute Gasteiger partial charge is 0.223 e. The Morgan fingerprint density at radius 1 is 1.27 bits per heavy atom. The molecule has 0 aliphatic carbocycles. The van der Waals surface area contributed by atoms with Crippen molar-refractivity contribution in [3.8, 4) is 0 Å². The Bertz CT molecular complexity index is 262. The molecule has 15 heavy (non-hydrogen) atoms. The summed E-state index contributed by atoms with van der Waals surface area (Å²) in [5, 5.41) is 0. The zero-order valence-corrected chi connectivity index (χ0v) is 9.33. The fraction of sp³-hybridized carbons (Fsp3) is 0.667. The molecule has 1 aliphatic rings. The lowest BCUT2D eigenvalue weighted by Gasteiger charge is -2.32. The van der Waals surface area contributed by atoms with Gasteiger partial charge in [0.2, 0.25) is 12.3 Å². The van der Waals surface area contributed by atoms with E-state index in [9.17, 15) is 9.59 Å². The topological polar surface area (TPSA) is 66.6 Å². The lowest BCUT2D eigenvalue weighted by molar-refractivity contribution is -0.135. The van der Waals surface area contributed by atoms with E-state index >= 15 is 0 Å². The number of hydrogen-bond donors (Lipinski definition) is 1. The van der Waals surface area contributed by atoms with Crippen molar-refractivity contribution in [2.45, 2.75) is 12.8 Å². The fourth-order valence-corrected chi connectivity index (χ4v) is 1.57. The first-order chi connectivity index (χ1) is 7.13. The summed E-state index contributed by atoms with van der Waals surface area (Å²) < 4.78 is 0. The van der Waals surface area contributed by atoms with Gasteiger partial charge in [0.15, 0.2) is 0 Å². The van der Waals surface area contributed by atoms with Crippen LogP contribution in [-0.2, 0) is 9.59 Å². The summed E-state index contributed by atoms with van der Waals surface area (Å²) >= 11 is 4.71. The predicted octanol–water partition coefficient (Wildman–Crippen LogP) is -0.647. The Morgan fingerprint density at radius 2 is 1.87 bits per heavy atom. The van der Waals surface area contributed by atoms with E-state index in [1.807, 2.05) is 0 Å². The van der Waals surface area contributed by atoms with Crippen LogP contribution >= 0.6 is 12.2 Å². The van der Waals surface area contributed by atoms with Crippen LogP contribution in [0.2, 0.25) is 0 Å². The van der Waals surface area contributed by atoms with Crippen molar-refractivity contribution in [1.82, 2.24) is 9.80 Å². The summed E-state index contributed by atoms with van der Waals surface area (Å²) in [6.45, 7) is 2.44. The van der Waals surface area contributed by atoms with Crippen molar-refractivity contribution < 1.29 is 9.59 Å². The van der Waals surface area contributed by atoms with Gasteiger partial charge in [-0.2, -0.15) is 0 Å². The van der Waals surface area contributed by atoms with Gasteiger partial charge in [-0.15, -0.1) is 0 Å². The summed E-state index contributed by atoms with van der Waals surface area (Å²) in [5.41, 5.74) is 5.32. The number of amides is 2. The maximum absolute atomic E-state index is 11.6. The Kier molecular flexibility index (Phi) is 4.48. The molecule has 0 aromatic carbocycles. The molecule has 0 radical (unpaired) electrons. The Hall–Kier alpha value is -1.17. The second-order valence-corrected chi connectivity index (χ2v) is 4.01. The molecule has 0 bridgehead atoms. The fourth-order valence-electron chi connectivity index (χ4n) is 1.46. The number of hydrogen-bond acceptors (Lipinski definition) is 3. The first-order valence-electron chi connectivity index (χ1n) is 4.89. The van der Waals surface area contributed by atoms with Crippen molar-refractivity contribution >= 4 is 29.5 Å². The molecule has 1 heterocycles. The number of carbonyl (C=O) groups is 2. The van der Waals surface area contributed by atoms with E-state index in [-0.39, 0.29) is 5.91 Å². The average molecular weight is 229 g/mol. The Labute approximate surface area is 94.2 Å². The molecule has 2 N–H and O–H groups in total. The maximum Gasteiger partial charge on any atom is 0.223 e. The standard InChI is InChI=1S/C9H15N3O2S/c10-8(15)1-2-9(14)12-5-3-11(7-13)4-6-12/h7H,1-6H2,(H2,10,15). The summed E-state index contributed by atoms with van der Waals surface area (Å²) in [4.78, 5) is 25.8. The molecule has 84 valence electrons. The van der Waals surface area contributed by atoms with Crippen molar-refractivity contribution in [3.63, 3.8) is 0 Å². The first kappa shape index (κ1) is 11.9. The zero-order chi connectivity index (χ0) is 11.3. The molecule has 1 aliphatic heterocycles. The average Bonchev–Trinajstić information content (AvgIpc) is 2.26. The highest BCUT2D eigenvalue weighted by Gasteiger charge is 2.19. The summed E-state index contributed by atoms with van der Waals surface area (Å²) in [6, 6.07) is 0. The monoisotopic (exact) mass is 229 g/mol. The molecule has 1 rings (SSSR count). The van der Waals surface area contributed by atoms with Gasteiger partial charge in [-0.25, -0.2) is 0 Å². The first-order valence-corrected chi connectivity index (χ1v) is 5.29. The van der Waals surface area contributed by atoms with Crippen molar-refractivity contribution in [3.05, 3.63) is 0 Å². The summed E-state index contributed by atoms with van der Waals surface area (Å²) in [7, 11) is 0. The van der Waals surface area contributed by atoms with Crippen molar-refractivity contribution in [2.75, 3.05) is 26.2 Å². The summed E-state index contributed by atoms with van der Waals surface area (Å²) in [5.74, 6) is 0.0633. The van der Waals surface area contributed by atoms with Crippen LogP contribution in [0, 0.1) is 0 Å². The highest BCUT2D eigenvalue weighted by Crippen LogP contribution is 2.03. The van der Waals surface area contributed by atoms with Crippen molar-refractivity contribution in [2.24, 2.45) is 5.73 Å². The van der Waals surface area contributed by atoms with Crippen LogP contribution in [0.1, 0.15) is 12.8 Å². The van der Waals surface area contributed by atoms with Gasteiger partial charge in [0.05, 0.1) is 4.99 Å². The van der Waals surface area contributed by atoms with Crippen molar-refractivity contribution in [1.29, 1.82) is 0 Å². The molecule has 0 saturated carbocycles. The minimum Gasteiger partial charge on any atom is -0.393 e. The van der Waals surface area contributed by atoms with Gasteiger partial charge in [0, 0.05) is 39.0 Å². The van der Waals surface area contributed by atoms with Crippen LogP contribution in [-0.4, -0.2) is 53.3 Å². The van der Waals surface area contributed by atoms with E-state index < -0.39 is 0 Å². The molecule has 6 heteroatoms. The number of rotatable bonds is 4. The van der Waals surface area contributed by atoms with Crippen LogP contribution < -0.4 is 5.73 Å². The number of nitrogens with zero attached hydrogens (tertiary/aromatic N) is 2. The largest absolute Gasteiger partial charge is 0.393 e. The Morgan fingerprint density at radius 3 is 2.33 bits per heavy atom. The van der Waals surface area contributed by atoms with Crippen LogP contribution in [0.25, 0.3) is 0 Å². The lowest BCUT2D eigenvalue weighted by atomic mass is 10.2. The minimum atomic E-state index is 0.0633. The second kappa shape index (κ2) is 5.65. The second-order valence-electron chi connectivity index (χ2n) is 3.49. The molecule has 1 saturated heterocycles. The van der Waals surface area contributed by atoms with Gasteiger partial charge < -0.3 is 15.5 Å². The molecule has 2 amide bonds. The molecule has 0 atom stereocenters. The van der Waals surface area contributed by atoms with E-state index in [2.05, 4.69) is 0 Å². The lowest BCUT2D eigenvalue weighted by Crippen LogP contribution is -2.48. The molecular weight excluding hydrogens is 214 g/mol. The quantitative estimate of drug-likeness (QED) is 0.514. The molecule has 0 aromatic heterocycles. The van der Waals surface area contributed by atoms with Crippen LogP contribution in [0.4, 0.5) is 0 Å². The number of piperazine rings is 1. The molecule has 5 nitrogen and oxygen atoms in total. The third kappa shape index (κ3) is 3.83. The van der Waals surface area contributed by atoms with E-state index in [4.69, 9.17) is 18.0 Å². The maximum atomic E-state index is 11.6. The van der Waals surface area contributed by atoms with Gasteiger partial charge in [-0.05, 0) is 0 Å².